The van der Waals surface area contributed by atoms with Crippen LogP contribution in [0.2, 0.25) is 0 Å². The maximum atomic E-state index is 6.12. The van der Waals surface area contributed by atoms with Crippen molar-refractivity contribution in [1.82, 2.24) is 0 Å². The Morgan fingerprint density at radius 3 is 2.00 bits per heavy atom. The summed E-state index contributed by atoms with van der Waals surface area (Å²) >= 11 is 0. The minimum Gasteiger partial charge on any atom is -0.493 e. The molecule has 1 aliphatic rings. The van der Waals surface area contributed by atoms with Crippen LogP contribution in [0.1, 0.15) is 17.2 Å². The van der Waals surface area contributed by atoms with Crippen LogP contribution in [0, 0.1) is 5.92 Å². The van der Waals surface area contributed by atoms with Crippen molar-refractivity contribution in [3.05, 3.63) is 47.5 Å². The Balaban J connectivity index is 1.79. The maximum absolute atomic E-state index is 6.12. The van der Waals surface area contributed by atoms with E-state index < -0.39 is 0 Å². The van der Waals surface area contributed by atoms with E-state index in [-0.39, 0.29) is 18.1 Å². The highest BCUT2D eigenvalue weighted by Gasteiger charge is 2.38. The molecule has 0 bridgehead atoms. The van der Waals surface area contributed by atoms with Crippen LogP contribution in [-0.4, -0.2) is 48.3 Å². The van der Waals surface area contributed by atoms with Gasteiger partial charge in [-0.05, 0) is 41.8 Å². The molecule has 2 aromatic carbocycles. The second-order valence-corrected chi connectivity index (χ2v) is 6.72. The highest BCUT2D eigenvalue weighted by atomic mass is 16.6. The van der Waals surface area contributed by atoms with Gasteiger partial charge in [-0.3, -0.25) is 0 Å². The number of hydrogen-bond donors (Lipinski definition) is 0. The van der Waals surface area contributed by atoms with E-state index in [1.807, 2.05) is 30.3 Å². The van der Waals surface area contributed by atoms with E-state index in [0.29, 0.717) is 18.1 Å². The van der Waals surface area contributed by atoms with Gasteiger partial charge in [0, 0.05) is 13.0 Å². The van der Waals surface area contributed by atoms with Crippen molar-refractivity contribution in [2.75, 3.05) is 42.2 Å². The molecule has 1 fully saturated rings. The Bertz CT molecular complexity index is 791. The number of methoxy groups -OCH3 is 5. The highest BCUT2D eigenvalue weighted by molar-refractivity contribution is 5.44. The van der Waals surface area contributed by atoms with Crippen LogP contribution < -0.4 is 18.9 Å². The summed E-state index contributed by atoms with van der Waals surface area (Å²) in [5, 5.41) is 0. The first-order valence-corrected chi connectivity index (χ1v) is 9.22. The fourth-order valence-electron chi connectivity index (χ4n) is 3.78. The summed E-state index contributed by atoms with van der Waals surface area (Å²) in [5.41, 5.74) is 2.17. The van der Waals surface area contributed by atoms with Gasteiger partial charge in [0.05, 0.1) is 41.2 Å². The van der Waals surface area contributed by atoms with Crippen molar-refractivity contribution in [1.29, 1.82) is 0 Å². The smallest absolute Gasteiger partial charge is 0.161 e. The van der Waals surface area contributed by atoms with E-state index in [0.717, 1.165) is 29.0 Å². The molecule has 3 atom stereocenters. The number of hydrogen-bond acceptors (Lipinski definition) is 6. The normalized spacial score (nSPS) is 21.4. The molecule has 1 heterocycles. The molecule has 0 aromatic heterocycles. The topological polar surface area (TPSA) is 55.4 Å². The van der Waals surface area contributed by atoms with Crippen molar-refractivity contribution in [2.45, 2.75) is 18.6 Å². The third-order valence-corrected chi connectivity index (χ3v) is 5.21. The summed E-state index contributed by atoms with van der Waals surface area (Å²) < 4.78 is 33.5. The predicted octanol–water partition coefficient (Wildman–Crippen LogP) is 3.67. The molecule has 2 aromatic rings. The Labute approximate surface area is 166 Å². The number of benzene rings is 2. The van der Waals surface area contributed by atoms with Crippen LogP contribution in [0.4, 0.5) is 0 Å². The van der Waals surface area contributed by atoms with Crippen molar-refractivity contribution in [2.24, 2.45) is 5.92 Å². The van der Waals surface area contributed by atoms with E-state index in [1.165, 1.54) is 0 Å². The van der Waals surface area contributed by atoms with E-state index in [9.17, 15) is 0 Å². The lowest BCUT2D eigenvalue weighted by Gasteiger charge is -2.23. The summed E-state index contributed by atoms with van der Waals surface area (Å²) in [6, 6.07) is 11.8. The fraction of sp³-hybridized carbons (Fsp3) is 0.455. The van der Waals surface area contributed by atoms with Crippen molar-refractivity contribution >= 4 is 0 Å². The Morgan fingerprint density at radius 1 is 0.786 bits per heavy atom. The molecular formula is C22H28O6. The van der Waals surface area contributed by atoms with E-state index >= 15 is 0 Å². The van der Waals surface area contributed by atoms with Gasteiger partial charge >= 0.3 is 0 Å². The molecule has 0 N–H and O–H groups in total. The first-order valence-electron chi connectivity index (χ1n) is 9.22. The molecule has 1 aliphatic heterocycles. The summed E-state index contributed by atoms with van der Waals surface area (Å²) in [6.45, 7) is 0.617. The molecule has 0 aliphatic carbocycles. The second-order valence-electron chi connectivity index (χ2n) is 6.72. The molecule has 1 saturated heterocycles. The van der Waals surface area contributed by atoms with Crippen molar-refractivity contribution < 1.29 is 28.4 Å². The minimum absolute atomic E-state index is 0.0637. The van der Waals surface area contributed by atoms with Gasteiger partial charge in [0.25, 0.3) is 0 Å². The van der Waals surface area contributed by atoms with Crippen molar-refractivity contribution in [3.8, 4) is 23.0 Å². The standard InChI is InChI=1S/C22H28O6/c1-23-17-8-6-14(11-19(17)25-3)10-16-13-28-22(21(16)27-5)15-7-9-18(24-2)20(12-15)26-4/h6-9,11-12,16,21-22H,10,13H2,1-5H3/t16-,21-,22+/m0/s1. The van der Waals surface area contributed by atoms with Crippen LogP contribution in [-0.2, 0) is 15.9 Å². The zero-order chi connectivity index (χ0) is 20.1. The molecule has 0 saturated carbocycles. The van der Waals surface area contributed by atoms with Gasteiger partial charge in [-0.25, -0.2) is 0 Å². The average molecular weight is 388 g/mol. The SMILES string of the molecule is COc1ccc(C[C@H]2CO[C@H](c3ccc(OC)c(OC)c3)[C@H]2OC)cc1OC. The van der Waals surface area contributed by atoms with Gasteiger partial charge in [0.15, 0.2) is 23.0 Å². The first kappa shape index (κ1) is 20.3. The summed E-state index contributed by atoms with van der Waals surface area (Å²) in [4.78, 5) is 0. The maximum Gasteiger partial charge on any atom is 0.161 e. The Morgan fingerprint density at radius 2 is 1.39 bits per heavy atom. The van der Waals surface area contributed by atoms with Crippen molar-refractivity contribution in [3.63, 3.8) is 0 Å². The summed E-state index contributed by atoms with van der Waals surface area (Å²) in [6.07, 6.45) is 0.601. The number of rotatable bonds is 8. The van der Waals surface area contributed by atoms with E-state index in [2.05, 4.69) is 6.07 Å². The lowest BCUT2D eigenvalue weighted by Crippen LogP contribution is -2.25. The third kappa shape index (κ3) is 4.03. The molecule has 3 rings (SSSR count). The molecule has 28 heavy (non-hydrogen) atoms. The first-order chi connectivity index (χ1) is 13.6. The van der Waals surface area contributed by atoms with E-state index in [4.69, 9.17) is 28.4 Å². The van der Waals surface area contributed by atoms with E-state index in [1.54, 1.807) is 35.5 Å². The lowest BCUT2D eigenvalue weighted by atomic mass is 9.91. The predicted molar refractivity (Wildman–Crippen MR) is 106 cm³/mol. The van der Waals surface area contributed by atoms with Gasteiger partial charge in [0.1, 0.15) is 6.10 Å². The molecule has 6 heteroatoms. The zero-order valence-corrected chi connectivity index (χ0v) is 17.1. The Hall–Kier alpha value is -2.44. The molecule has 152 valence electrons. The second kappa shape index (κ2) is 9.17. The third-order valence-electron chi connectivity index (χ3n) is 5.21. The zero-order valence-electron chi connectivity index (χ0n) is 17.1. The summed E-state index contributed by atoms with van der Waals surface area (Å²) in [5.74, 6) is 3.05. The monoisotopic (exact) mass is 388 g/mol. The fourth-order valence-corrected chi connectivity index (χ4v) is 3.78. The minimum atomic E-state index is -0.157. The lowest BCUT2D eigenvalue weighted by molar-refractivity contribution is 0.00784. The quantitative estimate of drug-likeness (QED) is 0.688. The average Bonchev–Trinajstić information content (AvgIpc) is 3.15. The van der Waals surface area contributed by atoms with Gasteiger partial charge in [-0.15, -0.1) is 0 Å². The molecular weight excluding hydrogens is 360 g/mol. The van der Waals surface area contributed by atoms with Crippen LogP contribution in [0.25, 0.3) is 0 Å². The van der Waals surface area contributed by atoms with Crippen LogP contribution in [0.5, 0.6) is 23.0 Å². The van der Waals surface area contributed by atoms with Gasteiger partial charge < -0.3 is 28.4 Å². The highest BCUT2D eigenvalue weighted by Crippen LogP contribution is 2.40. The molecule has 6 nitrogen and oxygen atoms in total. The molecule has 0 spiro atoms. The molecule has 0 amide bonds. The number of ether oxygens (including phenoxy) is 6. The van der Waals surface area contributed by atoms with Crippen LogP contribution in [0.15, 0.2) is 36.4 Å². The van der Waals surface area contributed by atoms with Gasteiger partial charge in [-0.2, -0.15) is 0 Å². The van der Waals surface area contributed by atoms with Gasteiger partial charge in [-0.1, -0.05) is 12.1 Å². The van der Waals surface area contributed by atoms with Gasteiger partial charge in [0.2, 0.25) is 0 Å². The Kier molecular flexibility index (Phi) is 6.65. The van der Waals surface area contributed by atoms with Crippen LogP contribution >= 0.6 is 0 Å². The summed E-state index contributed by atoms with van der Waals surface area (Å²) in [7, 11) is 8.27. The molecule has 0 radical (unpaired) electrons. The largest absolute Gasteiger partial charge is 0.493 e. The molecule has 0 unspecified atom stereocenters. The van der Waals surface area contributed by atoms with Crippen LogP contribution in [0.3, 0.4) is 0 Å².